The first kappa shape index (κ1) is 19.7. The predicted molar refractivity (Wildman–Crippen MR) is 110 cm³/mol. The number of carbonyl (C=O) groups excluding carboxylic acids is 2. The molecule has 2 aliphatic rings. The van der Waals surface area contributed by atoms with E-state index in [0.717, 1.165) is 50.8 Å². The van der Waals surface area contributed by atoms with Crippen LogP contribution >= 0.6 is 0 Å². The standard InChI is InChI=1S/C23H29N3O3/c1-3-17-6-8-19(9-7-17)22(27)26-14-10-18(11-15-26)21-24-20(16(2)29-21)23(28)25-12-4-5-13-25/h6-9,18H,3-5,10-15H2,1-2H3. The lowest BCUT2D eigenvalue weighted by Crippen LogP contribution is -2.38. The second kappa shape index (κ2) is 8.39. The highest BCUT2D eigenvalue weighted by Gasteiger charge is 2.30. The molecule has 0 spiro atoms. The van der Waals surface area contributed by atoms with Gasteiger partial charge in [-0.3, -0.25) is 9.59 Å². The molecule has 0 saturated carbocycles. The van der Waals surface area contributed by atoms with Crippen LogP contribution in [0, 0.1) is 6.92 Å². The zero-order valence-corrected chi connectivity index (χ0v) is 17.3. The van der Waals surface area contributed by atoms with E-state index in [1.807, 2.05) is 41.0 Å². The molecule has 0 unspecified atom stereocenters. The number of benzene rings is 1. The first-order chi connectivity index (χ1) is 14.1. The fourth-order valence-corrected chi connectivity index (χ4v) is 4.26. The fourth-order valence-electron chi connectivity index (χ4n) is 4.26. The SMILES string of the molecule is CCc1ccc(C(=O)N2CCC(c3nc(C(=O)N4CCCC4)c(C)o3)CC2)cc1. The van der Waals surface area contributed by atoms with Gasteiger partial charge < -0.3 is 14.2 Å². The van der Waals surface area contributed by atoms with Crippen LogP contribution < -0.4 is 0 Å². The second-order valence-electron chi connectivity index (χ2n) is 8.07. The van der Waals surface area contributed by atoms with E-state index >= 15 is 0 Å². The summed E-state index contributed by atoms with van der Waals surface area (Å²) in [5.74, 6) is 1.47. The van der Waals surface area contributed by atoms with Gasteiger partial charge in [-0.05, 0) is 56.7 Å². The van der Waals surface area contributed by atoms with Gasteiger partial charge in [0, 0.05) is 37.7 Å². The first-order valence-electron chi connectivity index (χ1n) is 10.7. The maximum absolute atomic E-state index is 12.8. The van der Waals surface area contributed by atoms with Crippen LogP contribution in [0.25, 0.3) is 0 Å². The van der Waals surface area contributed by atoms with Crippen molar-refractivity contribution in [3.8, 4) is 0 Å². The third-order valence-electron chi connectivity index (χ3n) is 6.15. The predicted octanol–water partition coefficient (Wildman–Crippen LogP) is 3.80. The van der Waals surface area contributed by atoms with E-state index in [-0.39, 0.29) is 17.7 Å². The number of hydrogen-bond acceptors (Lipinski definition) is 4. The van der Waals surface area contributed by atoms with Crippen LogP contribution in [0.15, 0.2) is 28.7 Å². The van der Waals surface area contributed by atoms with Crippen molar-refractivity contribution in [1.82, 2.24) is 14.8 Å². The number of aromatic nitrogens is 1. The summed E-state index contributed by atoms with van der Waals surface area (Å²) >= 11 is 0. The molecular weight excluding hydrogens is 366 g/mol. The van der Waals surface area contributed by atoms with E-state index in [0.29, 0.717) is 30.4 Å². The summed E-state index contributed by atoms with van der Waals surface area (Å²) in [6, 6.07) is 7.88. The number of rotatable bonds is 4. The van der Waals surface area contributed by atoms with Crippen LogP contribution in [0.1, 0.15) is 76.6 Å². The van der Waals surface area contributed by atoms with Crippen molar-refractivity contribution >= 4 is 11.8 Å². The Bertz CT molecular complexity index is 873. The highest BCUT2D eigenvalue weighted by Crippen LogP contribution is 2.30. The maximum atomic E-state index is 12.8. The minimum absolute atomic E-state index is 0.0156. The van der Waals surface area contributed by atoms with Gasteiger partial charge in [0.15, 0.2) is 11.6 Å². The molecule has 154 valence electrons. The highest BCUT2D eigenvalue weighted by molar-refractivity contribution is 5.94. The number of oxazole rings is 1. The molecule has 0 atom stereocenters. The molecule has 2 saturated heterocycles. The zero-order valence-electron chi connectivity index (χ0n) is 17.3. The van der Waals surface area contributed by atoms with Crippen molar-refractivity contribution in [2.75, 3.05) is 26.2 Å². The van der Waals surface area contributed by atoms with E-state index in [1.165, 1.54) is 5.56 Å². The topological polar surface area (TPSA) is 66.7 Å². The Morgan fingerprint density at radius 1 is 1.00 bits per heavy atom. The number of likely N-dealkylation sites (tertiary alicyclic amines) is 2. The summed E-state index contributed by atoms with van der Waals surface area (Å²) in [6.07, 6.45) is 4.69. The second-order valence-corrected chi connectivity index (χ2v) is 8.07. The average Bonchev–Trinajstić information content (AvgIpc) is 3.43. The lowest BCUT2D eigenvalue weighted by molar-refractivity contribution is 0.0705. The first-order valence-corrected chi connectivity index (χ1v) is 10.7. The molecule has 4 rings (SSSR count). The van der Waals surface area contributed by atoms with Crippen molar-refractivity contribution in [1.29, 1.82) is 0 Å². The molecule has 0 radical (unpaired) electrons. The van der Waals surface area contributed by atoms with E-state index in [1.54, 1.807) is 0 Å². The van der Waals surface area contributed by atoms with Crippen molar-refractivity contribution in [2.24, 2.45) is 0 Å². The molecule has 6 heteroatoms. The fraction of sp³-hybridized carbons (Fsp3) is 0.522. The summed E-state index contributed by atoms with van der Waals surface area (Å²) < 4.78 is 5.88. The molecule has 1 aromatic carbocycles. The molecule has 2 fully saturated rings. The van der Waals surface area contributed by atoms with Gasteiger partial charge in [-0.2, -0.15) is 0 Å². The Morgan fingerprint density at radius 3 is 2.24 bits per heavy atom. The van der Waals surface area contributed by atoms with Crippen molar-refractivity contribution in [3.05, 3.63) is 52.7 Å². The number of carbonyl (C=O) groups is 2. The van der Waals surface area contributed by atoms with Gasteiger partial charge in [0.2, 0.25) is 0 Å². The number of nitrogens with zero attached hydrogens (tertiary/aromatic N) is 3. The maximum Gasteiger partial charge on any atom is 0.276 e. The van der Waals surface area contributed by atoms with Crippen LogP contribution in [-0.4, -0.2) is 52.8 Å². The Morgan fingerprint density at radius 2 is 1.62 bits per heavy atom. The molecule has 2 amide bonds. The largest absolute Gasteiger partial charge is 0.445 e. The Kier molecular flexibility index (Phi) is 5.69. The lowest BCUT2D eigenvalue weighted by Gasteiger charge is -2.30. The summed E-state index contributed by atoms with van der Waals surface area (Å²) in [5.41, 5.74) is 2.43. The molecule has 2 aliphatic heterocycles. The molecule has 1 aromatic heterocycles. The molecule has 0 aliphatic carbocycles. The summed E-state index contributed by atoms with van der Waals surface area (Å²) in [4.78, 5) is 33.8. The summed E-state index contributed by atoms with van der Waals surface area (Å²) in [6.45, 7) is 6.89. The number of hydrogen-bond donors (Lipinski definition) is 0. The van der Waals surface area contributed by atoms with E-state index in [2.05, 4.69) is 11.9 Å². The lowest BCUT2D eigenvalue weighted by atomic mass is 9.96. The van der Waals surface area contributed by atoms with E-state index in [4.69, 9.17) is 4.42 Å². The zero-order chi connectivity index (χ0) is 20.4. The van der Waals surface area contributed by atoms with Crippen LogP contribution in [-0.2, 0) is 6.42 Å². The van der Waals surface area contributed by atoms with Gasteiger partial charge in [-0.1, -0.05) is 19.1 Å². The minimum atomic E-state index is -0.0156. The monoisotopic (exact) mass is 395 g/mol. The quantitative estimate of drug-likeness (QED) is 0.790. The van der Waals surface area contributed by atoms with E-state index in [9.17, 15) is 9.59 Å². The van der Waals surface area contributed by atoms with Gasteiger partial charge >= 0.3 is 0 Å². The molecular formula is C23H29N3O3. The molecule has 29 heavy (non-hydrogen) atoms. The van der Waals surface area contributed by atoms with Gasteiger partial charge in [-0.15, -0.1) is 0 Å². The van der Waals surface area contributed by atoms with Gasteiger partial charge in [0.25, 0.3) is 11.8 Å². The van der Waals surface area contributed by atoms with Crippen molar-refractivity contribution in [3.63, 3.8) is 0 Å². The van der Waals surface area contributed by atoms with Crippen molar-refractivity contribution in [2.45, 2.75) is 51.9 Å². The molecule has 0 bridgehead atoms. The average molecular weight is 396 g/mol. The number of piperidine rings is 1. The third-order valence-corrected chi connectivity index (χ3v) is 6.15. The Labute approximate surface area is 171 Å². The number of aryl methyl sites for hydroxylation is 2. The smallest absolute Gasteiger partial charge is 0.276 e. The van der Waals surface area contributed by atoms with E-state index < -0.39 is 0 Å². The van der Waals surface area contributed by atoms with Gasteiger partial charge in [0.05, 0.1) is 0 Å². The van der Waals surface area contributed by atoms with Gasteiger partial charge in [-0.25, -0.2) is 4.98 Å². The molecule has 3 heterocycles. The van der Waals surface area contributed by atoms with Crippen molar-refractivity contribution < 1.29 is 14.0 Å². The molecule has 6 nitrogen and oxygen atoms in total. The van der Waals surface area contributed by atoms with Crippen LogP contribution in [0.2, 0.25) is 0 Å². The molecule has 0 N–H and O–H groups in total. The van der Waals surface area contributed by atoms with Gasteiger partial charge in [0.1, 0.15) is 5.76 Å². The number of amides is 2. The normalized spacial score (nSPS) is 17.7. The Hall–Kier alpha value is -2.63. The highest BCUT2D eigenvalue weighted by atomic mass is 16.4. The third kappa shape index (κ3) is 4.07. The summed E-state index contributed by atoms with van der Waals surface area (Å²) in [5, 5.41) is 0. The minimum Gasteiger partial charge on any atom is -0.445 e. The van der Waals surface area contributed by atoms with Crippen LogP contribution in [0.3, 0.4) is 0 Å². The Balaban J connectivity index is 1.38. The van der Waals surface area contributed by atoms with Crippen LogP contribution in [0.5, 0.6) is 0 Å². The van der Waals surface area contributed by atoms with Crippen LogP contribution in [0.4, 0.5) is 0 Å². The summed E-state index contributed by atoms with van der Waals surface area (Å²) in [7, 11) is 0. The molecule has 2 aromatic rings.